The van der Waals surface area contributed by atoms with Crippen molar-refractivity contribution in [1.82, 2.24) is 0 Å². The third-order valence-corrected chi connectivity index (χ3v) is 5.21. The Morgan fingerprint density at radius 3 is 2.30 bits per heavy atom. The fourth-order valence-electron chi connectivity index (χ4n) is 4.13. The van der Waals surface area contributed by atoms with E-state index in [1.54, 1.807) is 12.1 Å². The second-order valence-electron chi connectivity index (χ2n) is 7.17. The molecule has 2 aliphatic heterocycles. The van der Waals surface area contributed by atoms with Crippen LogP contribution in [0.15, 0.2) is 36.4 Å². The first kappa shape index (κ1) is 17.4. The molecule has 4 nitrogen and oxygen atoms in total. The molecule has 136 valence electrons. The molecule has 0 amide bonds. The van der Waals surface area contributed by atoms with Crippen molar-refractivity contribution >= 4 is 23.3 Å². The number of nitrogens with zero attached hydrogens (tertiary/aromatic N) is 2. The zero-order valence-corrected chi connectivity index (χ0v) is 15.5. The van der Waals surface area contributed by atoms with Crippen molar-refractivity contribution in [3.63, 3.8) is 0 Å². The first-order valence-electron chi connectivity index (χ1n) is 9.45. The van der Waals surface area contributed by atoms with E-state index in [1.165, 1.54) is 36.6 Å². The molecule has 0 bridgehead atoms. The maximum absolute atomic E-state index is 11.0. The van der Waals surface area contributed by atoms with Crippen LogP contribution in [-0.4, -0.2) is 19.1 Å². The van der Waals surface area contributed by atoms with Crippen LogP contribution in [-0.2, 0) is 17.6 Å². The van der Waals surface area contributed by atoms with Crippen LogP contribution in [0.1, 0.15) is 42.0 Å². The summed E-state index contributed by atoms with van der Waals surface area (Å²) in [6.07, 6.45) is 6.58. The number of ether oxygens (including phenoxy) is 1. The lowest BCUT2D eigenvalue weighted by Gasteiger charge is -2.37. The first-order valence-corrected chi connectivity index (χ1v) is 9.45. The van der Waals surface area contributed by atoms with E-state index >= 15 is 0 Å². The lowest BCUT2D eigenvalue weighted by atomic mass is 9.89. The quantitative estimate of drug-likeness (QED) is 0.354. The Bertz CT molecular complexity index is 920. The van der Waals surface area contributed by atoms with Crippen LogP contribution in [0.25, 0.3) is 11.6 Å². The van der Waals surface area contributed by atoms with Crippen LogP contribution in [0.3, 0.4) is 0 Å². The monoisotopic (exact) mass is 358 g/mol. The van der Waals surface area contributed by atoms with E-state index in [0.717, 1.165) is 37.1 Å². The van der Waals surface area contributed by atoms with E-state index in [2.05, 4.69) is 23.1 Å². The van der Waals surface area contributed by atoms with Gasteiger partial charge >= 0.3 is 5.97 Å². The summed E-state index contributed by atoms with van der Waals surface area (Å²) >= 11 is 0. The second-order valence-corrected chi connectivity index (χ2v) is 7.17. The van der Waals surface area contributed by atoms with Gasteiger partial charge in [0.25, 0.3) is 0 Å². The third-order valence-electron chi connectivity index (χ3n) is 5.21. The van der Waals surface area contributed by atoms with Crippen molar-refractivity contribution in [2.45, 2.75) is 32.6 Å². The Hall–Kier alpha value is -3.06. The van der Waals surface area contributed by atoms with Crippen LogP contribution in [0.5, 0.6) is 5.75 Å². The maximum Gasteiger partial charge on any atom is 0.308 e. The minimum absolute atomic E-state index is 0.351. The topological polar surface area (TPSA) is 53.3 Å². The van der Waals surface area contributed by atoms with Gasteiger partial charge in [-0.2, -0.15) is 5.26 Å². The van der Waals surface area contributed by atoms with Gasteiger partial charge in [0.1, 0.15) is 5.75 Å². The Morgan fingerprint density at radius 1 is 1.11 bits per heavy atom. The number of hydrogen-bond acceptors (Lipinski definition) is 4. The summed E-state index contributed by atoms with van der Waals surface area (Å²) in [6.45, 7) is 3.69. The maximum atomic E-state index is 11.0. The van der Waals surface area contributed by atoms with Crippen LogP contribution in [0, 0.1) is 11.3 Å². The molecule has 0 unspecified atom stereocenters. The van der Waals surface area contributed by atoms with E-state index in [0.29, 0.717) is 11.3 Å². The summed E-state index contributed by atoms with van der Waals surface area (Å²) in [7, 11) is 0. The Labute approximate surface area is 159 Å². The molecule has 2 heterocycles. The highest BCUT2D eigenvalue weighted by molar-refractivity contribution is 5.90. The predicted molar refractivity (Wildman–Crippen MR) is 107 cm³/mol. The minimum atomic E-state index is -0.351. The third kappa shape index (κ3) is 3.59. The molecule has 0 saturated carbocycles. The van der Waals surface area contributed by atoms with Gasteiger partial charge in [0, 0.05) is 25.7 Å². The molecule has 0 saturated heterocycles. The van der Waals surface area contributed by atoms with Gasteiger partial charge in [-0.15, -0.1) is 0 Å². The molecule has 0 spiro atoms. The summed E-state index contributed by atoms with van der Waals surface area (Å²) in [5.41, 5.74) is 6.78. The summed E-state index contributed by atoms with van der Waals surface area (Å²) in [5.74, 6) is 0.137. The lowest BCUT2D eigenvalue weighted by molar-refractivity contribution is -0.131. The zero-order valence-electron chi connectivity index (χ0n) is 15.5. The Kier molecular flexibility index (Phi) is 4.68. The molecule has 2 aromatic rings. The Morgan fingerprint density at radius 2 is 1.74 bits per heavy atom. The molecule has 0 aromatic heterocycles. The van der Waals surface area contributed by atoms with Gasteiger partial charge in [0.2, 0.25) is 0 Å². The summed E-state index contributed by atoms with van der Waals surface area (Å²) < 4.78 is 5.06. The van der Waals surface area contributed by atoms with Crippen LogP contribution < -0.4 is 9.64 Å². The first-order chi connectivity index (χ1) is 13.1. The Balaban J connectivity index is 1.67. The largest absolute Gasteiger partial charge is 0.427 e. The number of rotatable bonds is 3. The van der Waals surface area contributed by atoms with Gasteiger partial charge in [-0.25, -0.2) is 0 Å². The average molecular weight is 358 g/mol. The van der Waals surface area contributed by atoms with E-state index in [1.807, 2.05) is 18.2 Å². The lowest BCUT2D eigenvalue weighted by Crippen LogP contribution is -2.34. The number of carbonyl (C=O) groups excluding carboxylic acids is 1. The summed E-state index contributed by atoms with van der Waals surface area (Å²) in [6, 6.07) is 13.9. The van der Waals surface area contributed by atoms with Gasteiger partial charge in [0.05, 0.1) is 11.6 Å². The molecule has 4 rings (SSSR count). The van der Waals surface area contributed by atoms with Gasteiger partial charge in [-0.1, -0.05) is 0 Å². The van der Waals surface area contributed by atoms with Crippen molar-refractivity contribution in [2.24, 2.45) is 0 Å². The van der Waals surface area contributed by atoms with Crippen molar-refractivity contribution in [1.29, 1.82) is 5.26 Å². The molecular formula is C23H22N2O2. The zero-order chi connectivity index (χ0) is 18.8. The number of hydrogen-bond donors (Lipinski definition) is 0. The van der Waals surface area contributed by atoms with E-state index in [9.17, 15) is 10.1 Å². The summed E-state index contributed by atoms with van der Waals surface area (Å²) in [5, 5.41) is 9.66. The molecule has 2 aliphatic rings. The van der Waals surface area contributed by atoms with Gasteiger partial charge in [-0.3, -0.25) is 4.79 Å². The van der Waals surface area contributed by atoms with Gasteiger partial charge in [-0.05, 0) is 90.4 Å². The summed E-state index contributed by atoms with van der Waals surface area (Å²) in [4.78, 5) is 13.6. The van der Waals surface area contributed by atoms with Crippen LogP contribution >= 0.6 is 0 Å². The molecular weight excluding hydrogens is 336 g/mol. The number of allylic oxidation sites excluding steroid dienone is 1. The smallest absolute Gasteiger partial charge is 0.308 e. The predicted octanol–water partition coefficient (Wildman–Crippen LogP) is 4.37. The molecule has 0 fully saturated rings. The highest BCUT2D eigenvalue weighted by Crippen LogP contribution is 2.36. The molecule has 4 heteroatoms. The molecule has 0 N–H and O–H groups in total. The van der Waals surface area contributed by atoms with Gasteiger partial charge in [0.15, 0.2) is 0 Å². The fourth-order valence-corrected chi connectivity index (χ4v) is 4.13. The van der Waals surface area contributed by atoms with E-state index < -0.39 is 0 Å². The average Bonchev–Trinajstić information content (AvgIpc) is 2.67. The van der Waals surface area contributed by atoms with E-state index in [-0.39, 0.29) is 5.97 Å². The molecule has 0 aliphatic carbocycles. The van der Waals surface area contributed by atoms with Crippen LogP contribution in [0.2, 0.25) is 0 Å². The second kappa shape index (κ2) is 7.28. The molecule has 0 radical (unpaired) electrons. The highest BCUT2D eigenvalue weighted by atomic mass is 16.5. The van der Waals surface area contributed by atoms with Crippen molar-refractivity contribution < 1.29 is 9.53 Å². The molecule has 2 aromatic carbocycles. The van der Waals surface area contributed by atoms with Gasteiger partial charge < -0.3 is 9.64 Å². The minimum Gasteiger partial charge on any atom is -0.427 e. The molecule has 27 heavy (non-hydrogen) atoms. The van der Waals surface area contributed by atoms with Crippen molar-refractivity contribution in [3.05, 3.63) is 58.7 Å². The normalized spacial score (nSPS) is 15.7. The number of anilines is 1. The SMILES string of the molecule is CC(=O)Oc1ccc(/C(C#N)=C\c2cc3c4c(c2)CCCN4CCC3)cc1. The number of carbonyl (C=O) groups is 1. The van der Waals surface area contributed by atoms with Crippen molar-refractivity contribution in [2.75, 3.05) is 18.0 Å². The standard InChI is InChI=1S/C23H22N2O2/c1-16(26)27-22-8-6-18(7-9-22)21(15-24)14-17-12-19-4-2-10-25-11-3-5-20(13-17)23(19)25/h6-9,12-14H,2-5,10-11H2,1H3/b21-14-. The number of nitriles is 1. The van der Waals surface area contributed by atoms with Crippen LogP contribution in [0.4, 0.5) is 5.69 Å². The van der Waals surface area contributed by atoms with Crippen molar-refractivity contribution in [3.8, 4) is 11.8 Å². The number of aryl methyl sites for hydroxylation is 2. The van der Waals surface area contributed by atoms with E-state index in [4.69, 9.17) is 4.74 Å². The number of benzene rings is 2. The number of esters is 1. The molecule has 0 atom stereocenters. The highest BCUT2D eigenvalue weighted by Gasteiger charge is 2.23. The fraction of sp³-hybridized carbons (Fsp3) is 0.304.